The normalized spacial score (nSPS) is 26.9. The molecule has 0 heterocycles. The summed E-state index contributed by atoms with van der Waals surface area (Å²) in [4.78, 5) is 13.6. The van der Waals surface area contributed by atoms with E-state index in [0.717, 1.165) is 0 Å². The summed E-state index contributed by atoms with van der Waals surface area (Å²) in [7, 11) is 0. The van der Waals surface area contributed by atoms with Crippen molar-refractivity contribution in [3.63, 3.8) is 0 Å². The minimum Gasteiger partial charge on any atom is -0.480 e. The summed E-state index contributed by atoms with van der Waals surface area (Å²) < 4.78 is 51.4. The van der Waals surface area contributed by atoms with E-state index in [4.69, 9.17) is 31.9 Å². The van der Waals surface area contributed by atoms with Gasteiger partial charge in [0.15, 0.2) is 5.96 Å². The summed E-state index contributed by atoms with van der Waals surface area (Å²) in [5.74, 6) is -3.03. The van der Waals surface area contributed by atoms with Crippen LogP contribution in [0.5, 0.6) is 0 Å². The molecular formula is C6H14N4O2. The number of nitrogens with two attached hydrogens (primary N) is 3. The van der Waals surface area contributed by atoms with Crippen molar-refractivity contribution in [3.05, 3.63) is 0 Å². The first-order valence-corrected chi connectivity index (χ1v) is 2.74. The molecule has 0 bridgehead atoms. The summed E-state index contributed by atoms with van der Waals surface area (Å²) in [5.41, 5.74) is 14.7. The molecule has 0 aromatic rings. The molecule has 0 aromatic heterocycles. The van der Waals surface area contributed by atoms with E-state index in [1.54, 1.807) is 0 Å². The Hall–Kier alpha value is -1.30. The molecule has 1 unspecified atom stereocenters. The fraction of sp³-hybridized carbons (Fsp3) is 0.667. The fourth-order valence-electron chi connectivity index (χ4n) is 0.241. The second-order valence-corrected chi connectivity index (χ2v) is 1.62. The lowest BCUT2D eigenvalue weighted by Gasteiger charge is -2.03. The van der Waals surface area contributed by atoms with Gasteiger partial charge in [-0.15, -0.1) is 0 Å². The Bertz CT molecular complexity index is 404. The highest BCUT2D eigenvalue weighted by molar-refractivity contribution is 5.75. The zero-order chi connectivity index (χ0) is 15.9. The third kappa shape index (κ3) is 5.48. The fourth-order valence-corrected chi connectivity index (χ4v) is 0.241. The Kier molecular flexibility index (Phi) is 1.61. The van der Waals surface area contributed by atoms with Gasteiger partial charge in [-0.3, -0.25) is 9.79 Å². The molecule has 6 heteroatoms. The van der Waals surface area contributed by atoms with Crippen LogP contribution in [0.2, 0.25) is 0 Å². The van der Waals surface area contributed by atoms with Crippen molar-refractivity contribution in [2.75, 3.05) is 6.50 Å². The summed E-state index contributed by atoms with van der Waals surface area (Å²) in [6, 6.07) is -3.44. The Morgan fingerprint density at radius 2 is 2.33 bits per heavy atom. The van der Waals surface area contributed by atoms with Crippen LogP contribution in [-0.4, -0.2) is 29.6 Å². The molecule has 1 atom stereocenters. The molecule has 0 aliphatic heterocycles. The zero-order valence-corrected chi connectivity index (χ0v) is 6.03. The second kappa shape index (κ2) is 5.36. The maximum Gasteiger partial charge on any atom is 0.320 e. The smallest absolute Gasteiger partial charge is 0.320 e. The molecule has 0 saturated carbocycles. The molecule has 7 N–H and O–H groups in total. The molecule has 0 rings (SSSR count). The lowest BCUT2D eigenvalue weighted by Crippen LogP contribution is -2.30. The van der Waals surface area contributed by atoms with E-state index in [1.165, 1.54) is 0 Å². The topological polar surface area (TPSA) is 128 Å². The van der Waals surface area contributed by atoms with E-state index >= 15 is 0 Å². The Morgan fingerprint density at radius 3 is 2.75 bits per heavy atom. The number of rotatable bonds is 5. The number of carboxylic acids is 1. The van der Waals surface area contributed by atoms with E-state index in [-0.39, 0.29) is 0 Å². The predicted molar refractivity (Wildman–Crippen MR) is 45.5 cm³/mol. The molecule has 0 amide bonds. The largest absolute Gasteiger partial charge is 0.480 e. The Balaban J connectivity index is 5.91. The number of carboxylic acid groups (broad SMARTS) is 1. The molecule has 0 radical (unpaired) electrons. The molecule has 0 fully saturated rings. The minimum atomic E-state index is -3.63. The van der Waals surface area contributed by atoms with Crippen LogP contribution < -0.4 is 17.2 Å². The van der Waals surface area contributed by atoms with Crippen molar-refractivity contribution in [1.29, 1.82) is 0 Å². The monoisotopic (exact) mass is 185 g/mol. The van der Waals surface area contributed by atoms with Gasteiger partial charge < -0.3 is 22.3 Å². The van der Waals surface area contributed by atoms with Crippen molar-refractivity contribution < 1.29 is 19.5 Å². The van der Waals surface area contributed by atoms with Crippen LogP contribution in [0.1, 0.15) is 22.3 Å². The third-order valence-electron chi connectivity index (χ3n) is 0.668. The van der Waals surface area contributed by atoms with Crippen LogP contribution in [0.15, 0.2) is 4.99 Å². The van der Waals surface area contributed by atoms with E-state index in [0.29, 0.717) is 0 Å². The third-order valence-corrected chi connectivity index (χ3v) is 0.668. The van der Waals surface area contributed by atoms with E-state index in [1.807, 2.05) is 0 Å². The number of carbonyl (C=O) groups is 1. The molecule has 0 aliphatic rings. The highest BCUT2D eigenvalue weighted by atomic mass is 16.4. The van der Waals surface area contributed by atoms with Crippen LogP contribution in [0.25, 0.3) is 0 Å². The number of guanidine groups is 1. The molecule has 0 spiro atoms. The Labute approximate surface area is 80.3 Å². The summed E-state index contributed by atoms with van der Waals surface area (Å²) in [6.07, 6.45) is -7.22. The van der Waals surface area contributed by atoms with Gasteiger partial charge >= 0.3 is 5.97 Å². The van der Waals surface area contributed by atoms with Crippen LogP contribution in [0, 0.1) is 0 Å². The minimum absolute atomic E-state index is 0.868. The maximum atomic E-state index is 10.7. The lowest BCUT2D eigenvalue weighted by atomic mass is 10.2. The average molecular weight is 185 g/mol. The molecule has 0 aromatic carbocycles. The van der Waals surface area contributed by atoms with Gasteiger partial charge in [0.2, 0.25) is 0 Å². The first-order valence-electron chi connectivity index (χ1n) is 6.24. The van der Waals surface area contributed by atoms with Crippen LogP contribution in [0.3, 0.4) is 0 Å². The maximum absolute atomic E-state index is 10.7. The number of hydrogen-bond donors (Lipinski definition) is 4. The number of hydrogen-bond acceptors (Lipinski definition) is 3. The van der Waals surface area contributed by atoms with Crippen molar-refractivity contribution in [3.8, 4) is 0 Å². The number of nitrogens with zero attached hydrogens (tertiary/aromatic N) is 1. The van der Waals surface area contributed by atoms with Crippen molar-refractivity contribution in [2.45, 2.75) is 18.8 Å². The highest BCUT2D eigenvalue weighted by Crippen LogP contribution is 1.94. The van der Waals surface area contributed by atoms with Crippen LogP contribution >= 0.6 is 0 Å². The summed E-state index contributed by atoms with van der Waals surface area (Å²) in [5, 5.41) is 8.66. The van der Waals surface area contributed by atoms with Gasteiger partial charge in [0, 0.05) is 12.0 Å². The lowest BCUT2D eigenvalue weighted by molar-refractivity contribution is -0.138. The molecule has 0 aliphatic carbocycles. The van der Waals surface area contributed by atoms with Gasteiger partial charge in [0.05, 0.1) is 4.11 Å². The van der Waals surface area contributed by atoms with Crippen LogP contribution in [-0.2, 0) is 4.79 Å². The Morgan fingerprint density at radius 1 is 1.75 bits per heavy atom. The molecule has 0 saturated heterocycles. The molecule has 70 valence electrons. The van der Waals surface area contributed by atoms with Gasteiger partial charge in [-0.25, -0.2) is 0 Å². The van der Waals surface area contributed by atoms with Crippen molar-refractivity contribution in [2.24, 2.45) is 22.2 Å². The standard InChI is InChI=1S/C6H14N4O2/c7-4(5(11)12)2-1-3-10-6(8)9/h4H,1-3,7H2,(H,11,12)(H4,8,9,10)/i1D2,2D2,3D2,4D,7+1,8+1,9+1,10+1. The zero-order valence-electron chi connectivity index (χ0n) is 13.0. The average Bonchev–Trinajstić information content (AvgIpc) is 2.14. The molecular weight excluding hydrogens is 164 g/mol. The second-order valence-electron chi connectivity index (χ2n) is 1.62. The van der Waals surface area contributed by atoms with E-state index in [2.05, 4.69) is 4.99 Å². The van der Waals surface area contributed by atoms with E-state index < -0.39 is 37.2 Å². The molecule has 12 heavy (non-hydrogen) atoms. The summed E-state index contributed by atoms with van der Waals surface area (Å²) >= 11 is 0. The molecule has 6 nitrogen and oxygen atoms in total. The van der Waals surface area contributed by atoms with Gasteiger partial charge in [-0.2, -0.15) is 0 Å². The van der Waals surface area contributed by atoms with Gasteiger partial charge in [-0.1, -0.05) is 0 Å². The van der Waals surface area contributed by atoms with Crippen molar-refractivity contribution in [1.82, 2.24) is 0 Å². The highest BCUT2D eigenvalue weighted by Gasteiger charge is 2.09. The first-order chi connectivity index (χ1) is 8.11. The van der Waals surface area contributed by atoms with Crippen molar-refractivity contribution >= 4 is 11.9 Å². The SMILES string of the molecule is [2H]C([2H])([15N]=C([15NH2])[15NH2])C([2H])([2H])C([2H])([2H])C([2H])([15NH2])C(=O)O. The predicted octanol–water partition coefficient (Wildman–Crippen LogP) is -1.55. The number of aliphatic carboxylic acids is 1. The van der Waals surface area contributed by atoms with Gasteiger partial charge in [0.1, 0.15) is 6.02 Å². The first kappa shape index (κ1) is 3.61. The van der Waals surface area contributed by atoms with Gasteiger partial charge in [0.25, 0.3) is 0 Å². The van der Waals surface area contributed by atoms with Gasteiger partial charge in [-0.05, 0) is 12.7 Å². The number of aliphatic imine (C=N–C) groups is 1. The van der Waals surface area contributed by atoms with E-state index in [9.17, 15) is 4.79 Å². The quantitative estimate of drug-likeness (QED) is 0.234. The van der Waals surface area contributed by atoms with Crippen LogP contribution in [0.4, 0.5) is 0 Å². The summed E-state index contributed by atoms with van der Waals surface area (Å²) in [6.45, 7) is -3.32.